The highest BCUT2D eigenvalue weighted by Gasteiger charge is 2.31. The minimum Gasteiger partial charge on any atom is -0.394 e. The number of hydrogen-bond acceptors (Lipinski definition) is 4. The van der Waals surface area contributed by atoms with Gasteiger partial charge in [0, 0.05) is 20.3 Å². The smallest absolute Gasteiger partial charge is 0.254 e. The number of amides is 1. The first-order chi connectivity index (χ1) is 9.56. The highest BCUT2D eigenvalue weighted by Crippen LogP contribution is 2.30. The molecule has 0 saturated heterocycles. The summed E-state index contributed by atoms with van der Waals surface area (Å²) in [6.45, 7) is 0.118. The zero-order valence-electron chi connectivity index (χ0n) is 12.2. The molecule has 1 aromatic rings. The summed E-state index contributed by atoms with van der Waals surface area (Å²) in [6, 6.07) is 3.58. The topological polar surface area (TPSA) is 65.5 Å². The third kappa shape index (κ3) is 3.28. The lowest BCUT2D eigenvalue weighted by Gasteiger charge is -2.37. The number of aromatic nitrogens is 1. The van der Waals surface area contributed by atoms with Crippen LogP contribution in [0.5, 0.6) is 0 Å². The summed E-state index contributed by atoms with van der Waals surface area (Å²) in [5, 5.41) is 13.0. The zero-order valence-corrected chi connectivity index (χ0v) is 12.2. The van der Waals surface area contributed by atoms with E-state index in [2.05, 4.69) is 10.3 Å². The van der Waals surface area contributed by atoms with Crippen LogP contribution in [0.1, 0.15) is 42.5 Å². The molecule has 1 aliphatic rings. The number of rotatable bonds is 4. The molecule has 1 saturated carbocycles. The highest BCUT2D eigenvalue weighted by molar-refractivity contribution is 5.93. The molecule has 1 fully saturated rings. The summed E-state index contributed by atoms with van der Waals surface area (Å²) in [5.74, 6) is 0.662. The lowest BCUT2D eigenvalue weighted by atomic mass is 9.82. The Bertz CT molecular complexity index is 451. The highest BCUT2D eigenvalue weighted by atomic mass is 16.3. The van der Waals surface area contributed by atoms with Crippen molar-refractivity contribution in [3.05, 3.63) is 23.9 Å². The number of anilines is 1. The van der Waals surface area contributed by atoms with E-state index in [9.17, 15) is 9.90 Å². The van der Waals surface area contributed by atoms with E-state index in [4.69, 9.17) is 0 Å². The van der Waals surface area contributed by atoms with Gasteiger partial charge in [-0.1, -0.05) is 19.3 Å². The van der Waals surface area contributed by atoms with E-state index < -0.39 is 0 Å². The van der Waals surface area contributed by atoms with Crippen molar-refractivity contribution < 1.29 is 9.90 Å². The van der Waals surface area contributed by atoms with Gasteiger partial charge in [-0.25, -0.2) is 4.98 Å². The standard InChI is InChI=1S/C15H23N3O2/c1-18(2)14(20)12-6-7-13(16-10-12)17-15(11-19)8-4-3-5-9-15/h6-7,10,19H,3-5,8-9,11H2,1-2H3,(H,16,17). The van der Waals surface area contributed by atoms with E-state index in [0.717, 1.165) is 31.5 Å². The summed E-state index contributed by atoms with van der Waals surface area (Å²) >= 11 is 0. The Labute approximate surface area is 120 Å². The average molecular weight is 277 g/mol. The first kappa shape index (κ1) is 14.8. The van der Waals surface area contributed by atoms with Crippen molar-refractivity contribution in [2.24, 2.45) is 0 Å². The SMILES string of the molecule is CN(C)C(=O)c1ccc(NC2(CO)CCCCC2)nc1. The van der Waals surface area contributed by atoms with Gasteiger partial charge in [0.05, 0.1) is 17.7 Å². The molecule has 20 heavy (non-hydrogen) atoms. The second kappa shape index (κ2) is 6.22. The molecule has 0 unspecified atom stereocenters. The predicted octanol–water partition coefficient (Wildman–Crippen LogP) is 1.89. The van der Waals surface area contributed by atoms with Crippen LogP contribution in [-0.2, 0) is 0 Å². The molecule has 2 rings (SSSR count). The molecular weight excluding hydrogens is 254 g/mol. The Morgan fingerprint density at radius 2 is 2.05 bits per heavy atom. The molecule has 5 nitrogen and oxygen atoms in total. The van der Waals surface area contributed by atoms with Crippen LogP contribution in [-0.4, -0.2) is 47.1 Å². The summed E-state index contributed by atoms with van der Waals surface area (Å²) < 4.78 is 0. The van der Waals surface area contributed by atoms with Crippen LogP contribution in [0.25, 0.3) is 0 Å². The van der Waals surface area contributed by atoms with Crippen molar-refractivity contribution >= 4 is 11.7 Å². The van der Waals surface area contributed by atoms with Crippen LogP contribution in [0.15, 0.2) is 18.3 Å². The molecule has 0 atom stereocenters. The van der Waals surface area contributed by atoms with Crippen LogP contribution in [0.2, 0.25) is 0 Å². The number of carbonyl (C=O) groups is 1. The Hall–Kier alpha value is -1.62. The zero-order chi connectivity index (χ0) is 14.6. The van der Waals surface area contributed by atoms with Gasteiger partial charge in [-0.2, -0.15) is 0 Å². The molecule has 0 spiro atoms. The van der Waals surface area contributed by atoms with Crippen LogP contribution in [0, 0.1) is 0 Å². The van der Waals surface area contributed by atoms with E-state index in [0.29, 0.717) is 5.56 Å². The van der Waals surface area contributed by atoms with Gasteiger partial charge in [-0.05, 0) is 25.0 Å². The summed E-state index contributed by atoms with van der Waals surface area (Å²) in [5.41, 5.74) is 0.320. The van der Waals surface area contributed by atoms with Gasteiger partial charge in [0.25, 0.3) is 5.91 Å². The fourth-order valence-corrected chi connectivity index (χ4v) is 2.68. The Morgan fingerprint density at radius 3 is 2.55 bits per heavy atom. The molecule has 0 bridgehead atoms. The molecule has 0 radical (unpaired) electrons. The average Bonchev–Trinajstić information content (AvgIpc) is 2.48. The summed E-state index contributed by atoms with van der Waals surface area (Å²) in [7, 11) is 3.44. The van der Waals surface area contributed by atoms with E-state index in [1.807, 2.05) is 6.07 Å². The molecule has 2 N–H and O–H groups in total. The monoisotopic (exact) mass is 277 g/mol. The first-order valence-corrected chi connectivity index (χ1v) is 7.13. The number of aliphatic hydroxyl groups excluding tert-OH is 1. The van der Waals surface area contributed by atoms with E-state index in [1.54, 1.807) is 26.4 Å². The van der Waals surface area contributed by atoms with E-state index >= 15 is 0 Å². The Kier molecular flexibility index (Phi) is 4.60. The van der Waals surface area contributed by atoms with Crippen molar-refractivity contribution in [2.45, 2.75) is 37.6 Å². The third-order valence-electron chi connectivity index (χ3n) is 3.92. The first-order valence-electron chi connectivity index (χ1n) is 7.13. The lowest BCUT2D eigenvalue weighted by molar-refractivity contribution is 0.0827. The van der Waals surface area contributed by atoms with Crippen LogP contribution < -0.4 is 5.32 Å². The van der Waals surface area contributed by atoms with Gasteiger partial charge in [0.1, 0.15) is 5.82 Å². The molecule has 110 valence electrons. The quantitative estimate of drug-likeness (QED) is 0.882. The minimum atomic E-state index is -0.252. The van der Waals surface area contributed by atoms with Gasteiger partial charge in [0.15, 0.2) is 0 Å². The predicted molar refractivity (Wildman–Crippen MR) is 78.8 cm³/mol. The maximum absolute atomic E-state index is 11.8. The molecule has 1 aliphatic carbocycles. The number of nitrogens with zero attached hydrogens (tertiary/aromatic N) is 2. The Morgan fingerprint density at radius 1 is 1.35 bits per heavy atom. The largest absolute Gasteiger partial charge is 0.394 e. The fraction of sp³-hybridized carbons (Fsp3) is 0.600. The number of hydrogen-bond donors (Lipinski definition) is 2. The van der Waals surface area contributed by atoms with Gasteiger partial charge in [0.2, 0.25) is 0 Å². The Balaban J connectivity index is 2.08. The van der Waals surface area contributed by atoms with Crippen molar-refractivity contribution in [1.82, 2.24) is 9.88 Å². The molecule has 1 aromatic heterocycles. The molecule has 0 aliphatic heterocycles. The maximum Gasteiger partial charge on any atom is 0.254 e. The fourth-order valence-electron chi connectivity index (χ4n) is 2.68. The van der Waals surface area contributed by atoms with Crippen LogP contribution >= 0.6 is 0 Å². The molecular formula is C15H23N3O2. The molecule has 1 amide bonds. The van der Waals surface area contributed by atoms with Gasteiger partial charge in [-0.3, -0.25) is 4.79 Å². The van der Waals surface area contributed by atoms with Crippen molar-refractivity contribution in [1.29, 1.82) is 0 Å². The molecule has 0 aromatic carbocycles. The number of pyridine rings is 1. The van der Waals surface area contributed by atoms with Gasteiger partial charge < -0.3 is 15.3 Å². The number of carbonyl (C=O) groups excluding carboxylic acids is 1. The van der Waals surface area contributed by atoms with Gasteiger partial charge in [-0.15, -0.1) is 0 Å². The summed E-state index contributed by atoms with van der Waals surface area (Å²) in [4.78, 5) is 17.6. The molecule has 1 heterocycles. The number of aliphatic hydroxyl groups is 1. The van der Waals surface area contributed by atoms with Crippen molar-refractivity contribution in [2.75, 3.05) is 26.0 Å². The second-order valence-corrected chi connectivity index (χ2v) is 5.76. The van der Waals surface area contributed by atoms with Crippen LogP contribution in [0.4, 0.5) is 5.82 Å². The normalized spacial score (nSPS) is 17.6. The molecule has 5 heteroatoms. The lowest BCUT2D eigenvalue weighted by Crippen LogP contribution is -2.44. The van der Waals surface area contributed by atoms with Crippen molar-refractivity contribution in [3.8, 4) is 0 Å². The maximum atomic E-state index is 11.8. The second-order valence-electron chi connectivity index (χ2n) is 5.76. The van der Waals surface area contributed by atoms with E-state index in [-0.39, 0.29) is 18.1 Å². The van der Waals surface area contributed by atoms with Gasteiger partial charge >= 0.3 is 0 Å². The van der Waals surface area contributed by atoms with E-state index in [1.165, 1.54) is 11.3 Å². The minimum absolute atomic E-state index is 0.0569. The third-order valence-corrected chi connectivity index (χ3v) is 3.92. The number of nitrogens with one attached hydrogen (secondary N) is 1. The summed E-state index contributed by atoms with van der Waals surface area (Å²) in [6.07, 6.45) is 6.99. The van der Waals surface area contributed by atoms with Crippen LogP contribution in [0.3, 0.4) is 0 Å². The van der Waals surface area contributed by atoms with Crippen molar-refractivity contribution in [3.63, 3.8) is 0 Å².